The highest BCUT2D eigenvalue weighted by Crippen LogP contribution is 2.31. The van der Waals surface area contributed by atoms with E-state index in [-0.39, 0.29) is 34.0 Å². The van der Waals surface area contributed by atoms with E-state index in [9.17, 15) is 18.4 Å². The first kappa shape index (κ1) is 20.5. The molecule has 1 amide bonds. The Morgan fingerprint density at radius 3 is 2.65 bits per heavy atom. The molecule has 0 fully saturated rings. The highest BCUT2D eigenvalue weighted by atomic mass is 19.2. The van der Waals surface area contributed by atoms with Crippen LogP contribution in [0.15, 0.2) is 35.1 Å². The summed E-state index contributed by atoms with van der Waals surface area (Å²) in [4.78, 5) is 36.4. The Hall–Kier alpha value is -3.79. The number of anilines is 1. The highest BCUT2D eigenvalue weighted by Gasteiger charge is 2.19. The zero-order valence-corrected chi connectivity index (χ0v) is 16.8. The summed E-state index contributed by atoms with van der Waals surface area (Å²) in [5.74, 6) is -2.38. The molecule has 0 unspecified atom stereocenters. The number of carbonyl (C=O) groups excluding carboxylic acids is 1. The first-order valence-electron chi connectivity index (χ1n) is 9.35. The Morgan fingerprint density at radius 1 is 1.16 bits per heavy atom. The SMILES string of the molecule is COCCN(C)C(=O)c1ccc2[nH]c(-c3nc4cc(F)c(F)cc4[nH]c3=O)c(N)c2c1. The first-order chi connectivity index (χ1) is 14.8. The molecule has 0 aliphatic rings. The van der Waals surface area contributed by atoms with Crippen molar-refractivity contribution in [2.75, 3.05) is 33.0 Å². The average molecular weight is 427 g/mol. The number of amides is 1. The van der Waals surface area contributed by atoms with Crippen LogP contribution in [0.25, 0.3) is 33.3 Å². The van der Waals surface area contributed by atoms with Gasteiger partial charge in [-0.25, -0.2) is 13.8 Å². The summed E-state index contributed by atoms with van der Waals surface area (Å²) in [6.45, 7) is 0.830. The summed E-state index contributed by atoms with van der Waals surface area (Å²) >= 11 is 0. The highest BCUT2D eigenvalue weighted by molar-refractivity contribution is 6.04. The van der Waals surface area contributed by atoms with Crippen molar-refractivity contribution in [3.63, 3.8) is 0 Å². The van der Waals surface area contributed by atoms with Crippen molar-refractivity contribution in [3.05, 3.63) is 57.9 Å². The van der Waals surface area contributed by atoms with Crippen molar-refractivity contribution in [3.8, 4) is 11.4 Å². The molecule has 0 saturated carbocycles. The summed E-state index contributed by atoms with van der Waals surface area (Å²) in [6, 6.07) is 6.71. The van der Waals surface area contributed by atoms with Crippen molar-refractivity contribution in [1.29, 1.82) is 0 Å². The van der Waals surface area contributed by atoms with Crippen LogP contribution in [0.1, 0.15) is 10.4 Å². The van der Waals surface area contributed by atoms with Gasteiger partial charge in [-0.05, 0) is 18.2 Å². The molecule has 31 heavy (non-hydrogen) atoms. The lowest BCUT2D eigenvalue weighted by atomic mass is 10.1. The molecule has 2 heterocycles. The fourth-order valence-corrected chi connectivity index (χ4v) is 3.33. The number of likely N-dealkylation sites (N-methyl/N-ethyl adjacent to an activating group) is 1. The number of H-pyrrole nitrogens is 2. The molecule has 160 valence electrons. The monoisotopic (exact) mass is 427 g/mol. The van der Waals surface area contributed by atoms with Crippen LogP contribution in [0.5, 0.6) is 0 Å². The lowest BCUT2D eigenvalue weighted by Crippen LogP contribution is -2.29. The molecule has 0 spiro atoms. The molecule has 0 aliphatic carbocycles. The smallest absolute Gasteiger partial charge is 0.276 e. The van der Waals surface area contributed by atoms with Gasteiger partial charge in [0.1, 0.15) is 0 Å². The van der Waals surface area contributed by atoms with Gasteiger partial charge in [-0.15, -0.1) is 0 Å². The van der Waals surface area contributed by atoms with Gasteiger partial charge in [-0.1, -0.05) is 0 Å². The Kier molecular flexibility index (Phi) is 5.15. The third-order valence-electron chi connectivity index (χ3n) is 5.03. The molecule has 2 aromatic heterocycles. The Bertz CT molecular complexity index is 1380. The van der Waals surface area contributed by atoms with Gasteiger partial charge in [0.05, 0.1) is 29.0 Å². The maximum atomic E-state index is 13.6. The number of hydrogen-bond donors (Lipinski definition) is 3. The van der Waals surface area contributed by atoms with Crippen LogP contribution in [0, 0.1) is 11.6 Å². The van der Waals surface area contributed by atoms with Gasteiger partial charge in [0.25, 0.3) is 11.5 Å². The maximum absolute atomic E-state index is 13.6. The third kappa shape index (κ3) is 3.61. The zero-order chi connectivity index (χ0) is 22.3. The minimum atomic E-state index is -1.09. The van der Waals surface area contributed by atoms with Crippen molar-refractivity contribution in [2.24, 2.45) is 0 Å². The van der Waals surface area contributed by atoms with Crippen LogP contribution in [-0.2, 0) is 4.74 Å². The summed E-state index contributed by atoms with van der Waals surface area (Å²) in [6.07, 6.45) is 0. The number of benzene rings is 2. The summed E-state index contributed by atoms with van der Waals surface area (Å²) in [5, 5.41) is 0.535. The number of carbonyl (C=O) groups is 1. The van der Waals surface area contributed by atoms with Gasteiger partial charge in [0.2, 0.25) is 0 Å². The predicted molar refractivity (Wildman–Crippen MR) is 113 cm³/mol. The van der Waals surface area contributed by atoms with E-state index in [1.165, 1.54) is 4.90 Å². The number of halogens is 2. The molecule has 4 rings (SSSR count). The summed E-state index contributed by atoms with van der Waals surface area (Å²) < 4.78 is 32.0. The quantitative estimate of drug-likeness (QED) is 0.453. The van der Waals surface area contributed by atoms with Crippen LogP contribution in [0.4, 0.5) is 14.5 Å². The number of methoxy groups -OCH3 is 1. The molecule has 0 saturated heterocycles. The lowest BCUT2D eigenvalue weighted by Gasteiger charge is -2.16. The second-order valence-electron chi connectivity index (χ2n) is 7.09. The van der Waals surface area contributed by atoms with Crippen molar-refractivity contribution >= 4 is 33.5 Å². The molecule has 0 bridgehead atoms. The van der Waals surface area contributed by atoms with E-state index in [0.29, 0.717) is 29.6 Å². The largest absolute Gasteiger partial charge is 0.396 e. The number of hydrogen-bond acceptors (Lipinski definition) is 5. The second-order valence-corrected chi connectivity index (χ2v) is 7.09. The van der Waals surface area contributed by atoms with E-state index in [1.54, 1.807) is 32.4 Å². The first-order valence-corrected chi connectivity index (χ1v) is 9.35. The minimum Gasteiger partial charge on any atom is -0.396 e. The van der Waals surface area contributed by atoms with Crippen LogP contribution < -0.4 is 11.3 Å². The van der Waals surface area contributed by atoms with Gasteiger partial charge < -0.3 is 25.3 Å². The normalized spacial score (nSPS) is 11.4. The molecule has 0 radical (unpaired) electrons. The summed E-state index contributed by atoms with van der Waals surface area (Å²) in [5.41, 5.74) is 7.15. The molecule has 8 nitrogen and oxygen atoms in total. The van der Waals surface area contributed by atoms with Crippen molar-refractivity contribution in [1.82, 2.24) is 19.9 Å². The van der Waals surface area contributed by atoms with Crippen LogP contribution in [-0.4, -0.2) is 53.1 Å². The van der Waals surface area contributed by atoms with Gasteiger partial charge in [0, 0.05) is 49.3 Å². The van der Waals surface area contributed by atoms with E-state index in [1.807, 2.05) is 0 Å². The van der Waals surface area contributed by atoms with Crippen LogP contribution in [0.3, 0.4) is 0 Å². The van der Waals surface area contributed by atoms with Gasteiger partial charge in [0.15, 0.2) is 17.3 Å². The molecule has 4 aromatic rings. The number of rotatable bonds is 5. The maximum Gasteiger partial charge on any atom is 0.276 e. The Morgan fingerprint density at radius 2 is 1.90 bits per heavy atom. The number of nitrogen functional groups attached to an aromatic ring is 1. The average Bonchev–Trinajstić information content (AvgIpc) is 3.08. The van der Waals surface area contributed by atoms with E-state index < -0.39 is 17.2 Å². The van der Waals surface area contributed by atoms with E-state index in [4.69, 9.17) is 10.5 Å². The van der Waals surface area contributed by atoms with Crippen molar-refractivity contribution < 1.29 is 18.3 Å². The minimum absolute atomic E-state index is 0.0642. The number of aromatic nitrogens is 3. The Balaban J connectivity index is 1.80. The van der Waals surface area contributed by atoms with E-state index in [0.717, 1.165) is 12.1 Å². The van der Waals surface area contributed by atoms with Crippen molar-refractivity contribution in [2.45, 2.75) is 0 Å². The number of fused-ring (bicyclic) bond motifs is 2. The number of nitrogens with one attached hydrogen (secondary N) is 2. The molecule has 4 N–H and O–H groups in total. The number of aromatic amines is 2. The standard InChI is InChI=1S/C21H19F2N5O3/c1-28(5-6-31-2)21(30)10-3-4-14-11(7-10)17(24)18(25-14)19-20(29)27-16-9-13(23)12(22)8-15(16)26-19/h3-4,7-9,25H,5-6,24H2,1-2H3,(H,27,29). The predicted octanol–water partition coefficient (Wildman–Crippen LogP) is 2.65. The molecule has 2 aromatic carbocycles. The van der Waals surface area contributed by atoms with E-state index >= 15 is 0 Å². The van der Waals surface area contributed by atoms with Gasteiger partial charge >= 0.3 is 0 Å². The fraction of sp³-hybridized carbons (Fsp3) is 0.190. The topological polar surface area (TPSA) is 117 Å². The van der Waals surface area contributed by atoms with Crippen LogP contribution >= 0.6 is 0 Å². The van der Waals surface area contributed by atoms with Gasteiger partial charge in [-0.3, -0.25) is 9.59 Å². The zero-order valence-electron chi connectivity index (χ0n) is 16.8. The second kappa shape index (κ2) is 7.80. The molecule has 0 aliphatic heterocycles. The molecular weight excluding hydrogens is 408 g/mol. The number of ether oxygens (including phenoxy) is 1. The van der Waals surface area contributed by atoms with Gasteiger partial charge in [-0.2, -0.15) is 0 Å². The summed E-state index contributed by atoms with van der Waals surface area (Å²) in [7, 11) is 3.22. The third-order valence-corrected chi connectivity index (χ3v) is 5.03. The Labute approximate surface area is 174 Å². The van der Waals surface area contributed by atoms with E-state index in [2.05, 4.69) is 15.0 Å². The molecule has 0 atom stereocenters. The molecular formula is C21H19F2N5O3. The lowest BCUT2D eigenvalue weighted by molar-refractivity contribution is 0.0744. The number of nitrogens with two attached hydrogens (primary N) is 1. The van der Waals surface area contributed by atoms with Crippen LogP contribution in [0.2, 0.25) is 0 Å². The fourth-order valence-electron chi connectivity index (χ4n) is 3.33. The number of nitrogens with zero attached hydrogens (tertiary/aromatic N) is 2. The molecule has 10 heteroatoms.